The number of nitrogens with zero attached hydrogens (tertiary/aromatic N) is 3. The molecule has 4 heteroatoms. The zero-order valence-corrected chi connectivity index (χ0v) is 12.8. The summed E-state index contributed by atoms with van der Waals surface area (Å²) in [6.45, 7) is 2.06. The van der Waals surface area contributed by atoms with Crippen LogP contribution in [0.3, 0.4) is 0 Å². The molecule has 2 aromatic heterocycles. The lowest BCUT2D eigenvalue weighted by atomic mass is 10.1. The third-order valence-corrected chi connectivity index (χ3v) is 3.54. The van der Waals surface area contributed by atoms with Gasteiger partial charge >= 0.3 is 0 Å². The van der Waals surface area contributed by atoms with E-state index in [-0.39, 0.29) is 0 Å². The van der Waals surface area contributed by atoms with Crippen molar-refractivity contribution in [3.8, 4) is 0 Å². The summed E-state index contributed by atoms with van der Waals surface area (Å²) in [7, 11) is 0. The molecule has 20 heavy (non-hydrogen) atoms. The number of halogens is 1. The highest BCUT2D eigenvalue weighted by Gasteiger charge is 2.05. The van der Waals surface area contributed by atoms with Crippen molar-refractivity contribution in [1.82, 2.24) is 15.0 Å². The summed E-state index contributed by atoms with van der Waals surface area (Å²) >= 11 is 3.44. The third-order valence-electron chi connectivity index (χ3n) is 3.13. The Bertz CT molecular complexity index is 756. The van der Waals surface area contributed by atoms with Crippen LogP contribution >= 0.6 is 15.9 Å². The number of hydrogen-bond donors (Lipinski definition) is 0. The predicted octanol–water partition coefficient (Wildman–Crippen LogP) is 3.94. The number of benzene rings is 1. The molecule has 0 bridgehead atoms. The summed E-state index contributed by atoms with van der Waals surface area (Å²) in [5.41, 5.74) is 3.04. The Balaban J connectivity index is 1.94. The Kier molecular flexibility index (Phi) is 3.74. The molecule has 0 unspecified atom stereocenters. The minimum Gasteiger partial charge on any atom is -0.252 e. The van der Waals surface area contributed by atoms with Gasteiger partial charge in [0, 0.05) is 23.9 Å². The van der Waals surface area contributed by atoms with Crippen molar-refractivity contribution in [1.29, 1.82) is 0 Å². The van der Waals surface area contributed by atoms with Gasteiger partial charge in [0.1, 0.15) is 10.4 Å². The van der Waals surface area contributed by atoms with Crippen molar-refractivity contribution in [2.45, 2.75) is 19.8 Å². The van der Waals surface area contributed by atoms with E-state index in [0.29, 0.717) is 0 Å². The topological polar surface area (TPSA) is 38.7 Å². The van der Waals surface area contributed by atoms with Crippen LogP contribution in [0, 0.1) is 0 Å². The van der Waals surface area contributed by atoms with Crippen LogP contribution in [0.25, 0.3) is 10.9 Å². The van der Waals surface area contributed by atoms with Crippen LogP contribution in [0.1, 0.15) is 24.1 Å². The monoisotopic (exact) mass is 327 g/mol. The molecule has 0 N–H and O–H groups in total. The van der Waals surface area contributed by atoms with Gasteiger partial charge in [0.15, 0.2) is 0 Å². The number of rotatable bonds is 3. The van der Waals surface area contributed by atoms with E-state index in [1.165, 1.54) is 0 Å². The molecule has 0 aliphatic rings. The van der Waals surface area contributed by atoms with Crippen LogP contribution in [0.2, 0.25) is 0 Å². The van der Waals surface area contributed by atoms with Gasteiger partial charge in [-0.2, -0.15) is 0 Å². The second-order valence-corrected chi connectivity index (χ2v) is 5.44. The standard InChI is InChI=1S/C16H14BrN3/c1-2-16-19-13(10-15(17)20-16)9-12-8-7-11-5-3-4-6-14(11)18-12/h3-8,10H,2,9H2,1H3. The first-order chi connectivity index (χ1) is 9.74. The second kappa shape index (κ2) is 5.67. The molecule has 0 radical (unpaired) electrons. The summed E-state index contributed by atoms with van der Waals surface area (Å²) in [6.07, 6.45) is 1.55. The molecule has 0 atom stereocenters. The van der Waals surface area contributed by atoms with Crippen molar-refractivity contribution in [3.63, 3.8) is 0 Å². The molecule has 0 aliphatic carbocycles. The highest BCUT2D eigenvalue weighted by Crippen LogP contribution is 2.15. The van der Waals surface area contributed by atoms with Crippen molar-refractivity contribution < 1.29 is 0 Å². The largest absolute Gasteiger partial charge is 0.252 e. The van der Waals surface area contributed by atoms with E-state index in [1.807, 2.05) is 24.3 Å². The Morgan fingerprint density at radius 2 is 1.80 bits per heavy atom. The zero-order valence-electron chi connectivity index (χ0n) is 11.2. The van der Waals surface area contributed by atoms with E-state index in [4.69, 9.17) is 0 Å². The normalized spacial score (nSPS) is 10.9. The third kappa shape index (κ3) is 2.85. The number of pyridine rings is 1. The smallest absolute Gasteiger partial charge is 0.129 e. The van der Waals surface area contributed by atoms with Gasteiger partial charge in [0.25, 0.3) is 0 Å². The molecular weight excluding hydrogens is 314 g/mol. The first-order valence-corrected chi connectivity index (χ1v) is 7.41. The average Bonchev–Trinajstić information content (AvgIpc) is 2.46. The average molecular weight is 328 g/mol. The van der Waals surface area contributed by atoms with Crippen molar-refractivity contribution in [2.24, 2.45) is 0 Å². The summed E-state index contributed by atoms with van der Waals surface area (Å²) < 4.78 is 0.833. The molecule has 0 aliphatic heterocycles. The molecule has 3 nitrogen and oxygen atoms in total. The molecule has 0 fully saturated rings. The number of fused-ring (bicyclic) bond motifs is 1. The van der Waals surface area contributed by atoms with Gasteiger partial charge in [0.05, 0.1) is 11.2 Å². The Morgan fingerprint density at radius 1 is 0.950 bits per heavy atom. The van der Waals surface area contributed by atoms with Crippen LogP contribution in [-0.2, 0) is 12.8 Å². The lowest BCUT2D eigenvalue weighted by molar-refractivity contribution is 0.880. The number of para-hydroxylation sites is 1. The van der Waals surface area contributed by atoms with E-state index in [2.05, 4.69) is 56.0 Å². The van der Waals surface area contributed by atoms with Crippen molar-refractivity contribution in [3.05, 3.63) is 64.3 Å². The summed E-state index contributed by atoms with van der Waals surface area (Å²) in [4.78, 5) is 13.6. The SMILES string of the molecule is CCc1nc(Br)cc(Cc2ccc3ccccc3n2)n1. The molecular formula is C16H14BrN3. The number of aromatic nitrogens is 3. The molecule has 3 aromatic rings. The second-order valence-electron chi connectivity index (χ2n) is 4.62. The molecule has 2 heterocycles. The fourth-order valence-electron chi connectivity index (χ4n) is 2.16. The van der Waals surface area contributed by atoms with Crippen LogP contribution in [0.15, 0.2) is 47.1 Å². The highest BCUT2D eigenvalue weighted by molar-refractivity contribution is 9.10. The van der Waals surface area contributed by atoms with Crippen LogP contribution < -0.4 is 0 Å². The van der Waals surface area contributed by atoms with Gasteiger partial charge in [-0.25, -0.2) is 9.97 Å². The summed E-state index contributed by atoms with van der Waals surface area (Å²) in [6, 6.07) is 14.3. The van der Waals surface area contributed by atoms with E-state index < -0.39 is 0 Å². The fourth-order valence-corrected chi connectivity index (χ4v) is 2.63. The van der Waals surface area contributed by atoms with Crippen LogP contribution in [0.5, 0.6) is 0 Å². The maximum atomic E-state index is 4.68. The first-order valence-electron chi connectivity index (χ1n) is 6.61. The Hall–Kier alpha value is -1.81. The number of hydrogen-bond acceptors (Lipinski definition) is 3. The Morgan fingerprint density at radius 3 is 2.65 bits per heavy atom. The minimum atomic E-state index is 0.721. The maximum Gasteiger partial charge on any atom is 0.129 e. The predicted molar refractivity (Wildman–Crippen MR) is 83.7 cm³/mol. The van der Waals surface area contributed by atoms with Gasteiger partial charge in [-0.05, 0) is 34.1 Å². The first kappa shape index (κ1) is 13.2. The molecule has 3 rings (SSSR count). The molecule has 0 saturated carbocycles. The number of aryl methyl sites for hydroxylation is 1. The van der Waals surface area contributed by atoms with Gasteiger partial charge in [0.2, 0.25) is 0 Å². The minimum absolute atomic E-state index is 0.721. The van der Waals surface area contributed by atoms with E-state index in [0.717, 1.165) is 45.6 Å². The lowest BCUT2D eigenvalue weighted by Crippen LogP contribution is -2.01. The van der Waals surface area contributed by atoms with Crippen molar-refractivity contribution in [2.75, 3.05) is 0 Å². The molecule has 0 spiro atoms. The highest BCUT2D eigenvalue weighted by atomic mass is 79.9. The summed E-state index contributed by atoms with van der Waals surface area (Å²) in [5, 5.41) is 1.16. The molecule has 0 saturated heterocycles. The van der Waals surface area contributed by atoms with Crippen molar-refractivity contribution >= 4 is 26.8 Å². The van der Waals surface area contributed by atoms with Crippen LogP contribution in [-0.4, -0.2) is 15.0 Å². The summed E-state index contributed by atoms with van der Waals surface area (Å²) in [5.74, 6) is 0.857. The van der Waals surface area contributed by atoms with E-state index in [9.17, 15) is 0 Å². The Labute approximate surface area is 126 Å². The molecule has 1 aromatic carbocycles. The zero-order chi connectivity index (χ0) is 13.9. The quantitative estimate of drug-likeness (QED) is 0.684. The maximum absolute atomic E-state index is 4.68. The van der Waals surface area contributed by atoms with Gasteiger partial charge in [-0.1, -0.05) is 31.2 Å². The molecule has 0 amide bonds. The molecule has 100 valence electrons. The van der Waals surface area contributed by atoms with Gasteiger partial charge in [-0.3, -0.25) is 4.98 Å². The lowest BCUT2D eigenvalue weighted by Gasteiger charge is -2.05. The van der Waals surface area contributed by atoms with Gasteiger partial charge in [-0.15, -0.1) is 0 Å². The van der Waals surface area contributed by atoms with Gasteiger partial charge < -0.3 is 0 Å². The van der Waals surface area contributed by atoms with E-state index >= 15 is 0 Å². The fraction of sp³-hybridized carbons (Fsp3) is 0.188. The van der Waals surface area contributed by atoms with E-state index in [1.54, 1.807) is 0 Å². The van der Waals surface area contributed by atoms with Crippen LogP contribution in [0.4, 0.5) is 0 Å².